The number of carbonyl (C=O) groups excluding carboxylic acids is 2. The Morgan fingerprint density at radius 1 is 1.26 bits per heavy atom. The molecule has 5 nitrogen and oxygen atoms in total. The van der Waals surface area contributed by atoms with Crippen molar-refractivity contribution in [2.45, 2.75) is 52.1 Å². The van der Waals surface area contributed by atoms with Crippen LogP contribution in [0.1, 0.15) is 40.5 Å². The van der Waals surface area contributed by atoms with E-state index in [9.17, 15) is 9.59 Å². The zero-order chi connectivity index (χ0) is 17.5. The van der Waals surface area contributed by atoms with Gasteiger partial charge in [-0.05, 0) is 62.2 Å². The van der Waals surface area contributed by atoms with Crippen molar-refractivity contribution in [1.29, 1.82) is 0 Å². The molecule has 0 aliphatic rings. The highest BCUT2D eigenvalue weighted by molar-refractivity contribution is 9.10. The lowest BCUT2D eigenvalue weighted by atomic mass is 10.1. The molecule has 0 heterocycles. The van der Waals surface area contributed by atoms with Crippen molar-refractivity contribution >= 4 is 27.7 Å². The summed E-state index contributed by atoms with van der Waals surface area (Å²) < 4.78 is 6.49. The molecule has 1 aromatic rings. The zero-order valence-corrected chi connectivity index (χ0v) is 15.7. The summed E-state index contributed by atoms with van der Waals surface area (Å²) in [7, 11) is 0. The Morgan fingerprint density at radius 2 is 1.91 bits per heavy atom. The highest BCUT2D eigenvalue weighted by atomic mass is 79.9. The molecule has 23 heavy (non-hydrogen) atoms. The van der Waals surface area contributed by atoms with Gasteiger partial charge in [-0.25, -0.2) is 0 Å². The normalized spacial score (nSPS) is 12.4. The molecule has 1 atom stereocenters. The fourth-order valence-corrected chi connectivity index (χ4v) is 2.23. The first-order chi connectivity index (χ1) is 10.7. The molecule has 2 N–H and O–H groups in total. The van der Waals surface area contributed by atoms with E-state index in [1.807, 2.05) is 45.0 Å². The van der Waals surface area contributed by atoms with Crippen LogP contribution in [0.3, 0.4) is 0 Å². The molecule has 0 fully saturated rings. The van der Waals surface area contributed by atoms with Gasteiger partial charge in [-0.15, -0.1) is 0 Å². The summed E-state index contributed by atoms with van der Waals surface area (Å²) in [4.78, 5) is 23.7. The van der Waals surface area contributed by atoms with Crippen molar-refractivity contribution in [2.75, 3.05) is 6.61 Å². The number of benzene rings is 1. The van der Waals surface area contributed by atoms with Gasteiger partial charge in [0.1, 0.15) is 11.8 Å². The Labute approximate surface area is 146 Å². The molecular formula is C17H25BrN2O3. The van der Waals surface area contributed by atoms with Crippen LogP contribution in [0.2, 0.25) is 0 Å². The molecule has 0 aromatic heterocycles. The first-order valence-corrected chi connectivity index (χ1v) is 8.47. The van der Waals surface area contributed by atoms with Crippen LogP contribution in [0.4, 0.5) is 0 Å². The molecule has 0 spiro atoms. The third-order valence-corrected chi connectivity index (χ3v) is 3.57. The third-order valence-electron chi connectivity index (χ3n) is 2.91. The summed E-state index contributed by atoms with van der Waals surface area (Å²) in [5.41, 5.74) is -0.313. The second-order valence-electron chi connectivity index (χ2n) is 6.41. The molecule has 1 aromatic carbocycles. The standard InChI is InChI=1S/C17H25BrN2O3/c1-12(16(22)20-17(2,3)4)19-15(21)10-7-11-23-14-9-6-5-8-13(14)18/h5-6,8-9,12H,7,10-11H2,1-4H3,(H,19,21)(H,20,22). The van der Waals surface area contributed by atoms with Crippen LogP contribution < -0.4 is 15.4 Å². The van der Waals surface area contributed by atoms with Gasteiger partial charge in [0, 0.05) is 12.0 Å². The number of hydrogen-bond donors (Lipinski definition) is 2. The molecule has 0 radical (unpaired) electrons. The number of para-hydroxylation sites is 1. The van der Waals surface area contributed by atoms with E-state index in [2.05, 4.69) is 26.6 Å². The van der Waals surface area contributed by atoms with E-state index in [-0.39, 0.29) is 17.4 Å². The van der Waals surface area contributed by atoms with Crippen LogP contribution in [0.25, 0.3) is 0 Å². The van der Waals surface area contributed by atoms with Crippen LogP contribution in [0.5, 0.6) is 5.75 Å². The Kier molecular flexibility index (Phi) is 7.55. The van der Waals surface area contributed by atoms with Gasteiger partial charge in [0.05, 0.1) is 11.1 Å². The predicted octanol–water partition coefficient (Wildman–Crippen LogP) is 3.03. The lowest BCUT2D eigenvalue weighted by molar-refractivity contribution is -0.129. The number of nitrogens with one attached hydrogen (secondary N) is 2. The Bertz CT molecular complexity index is 541. The minimum atomic E-state index is -0.550. The summed E-state index contributed by atoms with van der Waals surface area (Å²) in [6.45, 7) is 7.82. The van der Waals surface area contributed by atoms with Crippen LogP contribution >= 0.6 is 15.9 Å². The molecule has 1 unspecified atom stereocenters. The van der Waals surface area contributed by atoms with Crippen molar-refractivity contribution in [3.05, 3.63) is 28.7 Å². The number of carbonyl (C=O) groups is 2. The topological polar surface area (TPSA) is 67.4 Å². The second kappa shape index (κ2) is 8.91. The van der Waals surface area contributed by atoms with E-state index in [1.54, 1.807) is 6.92 Å². The fraction of sp³-hybridized carbons (Fsp3) is 0.529. The molecule has 0 saturated heterocycles. The smallest absolute Gasteiger partial charge is 0.242 e. The number of rotatable bonds is 7. The first-order valence-electron chi connectivity index (χ1n) is 7.68. The summed E-state index contributed by atoms with van der Waals surface area (Å²) >= 11 is 3.40. The number of amides is 2. The maximum absolute atomic E-state index is 11.9. The number of ether oxygens (including phenoxy) is 1. The average Bonchev–Trinajstić information content (AvgIpc) is 2.43. The van der Waals surface area contributed by atoms with E-state index in [4.69, 9.17) is 4.74 Å². The molecule has 2 amide bonds. The van der Waals surface area contributed by atoms with Crippen molar-refractivity contribution < 1.29 is 14.3 Å². The predicted molar refractivity (Wildman–Crippen MR) is 94.4 cm³/mol. The maximum Gasteiger partial charge on any atom is 0.242 e. The zero-order valence-electron chi connectivity index (χ0n) is 14.1. The Hall–Kier alpha value is -1.56. The van der Waals surface area contributed by atoms with Gasteiger partial charge in [0.2, 0.25) is 11.8 Å². The highest BCUT2D eigenvalue weighted by Gasteiger charge is 2.20. The largest absolute Gasteiger partial charge is 0.492 e. The summed E-state index contributed by atoms with van der Waals surface area (Å²) in [5.74, 6) is 0.415. The van der Waals surface area contributed by atoms with Crippen LogP contribution in [-0.4, -0.2) is 30.0 Å². The van der Waals surface area contributed by atoms with Crippen molar-refractivity contribution in [1.82, 2.24) is 10.6 Å². The quantitative estimate of drug-likeness (QED) is 0.709. The second-order valence-corrected chi connectivity index (χ2v) is 7.27. The SMILES string of the molecule is CC(NC(=O)CCCOc1ccccc1Br)C(=O)NC(C)(C)C. The highest BCUT2D eigenvalue weighted by Crippen LogP contribution is 2.23. The lowest BCUT2D eigenvalue weighted by Gasteiger charge is -2.23. The molecule has 0 aliphatic heterocycles. The molecule has 128 valence electrons. The Balaban J connectivity index is 2.26. The molecule has 6 heteroatoms. The van der Waals surface area contributed by atoms with Gasteiger partial charge < -0.3 is 15.4 Å². The summed E-state index contributed by atoms with van der Waals surface area (Å²) in [6, 6.07) is 7.02. The van der Waals surface area contributed by atoms with Crippen molar-refractivity contribution in [2.24, 2.45) is 0 Å². The number of halogens is 1. The van der Waals surface area contributed by atoms with E-state index in [0.717, 1.165) is 10.2 Å². The van der Waals surface area contributed by atoms with E-state index < -0.39 is 6.04 Å². The van der Waals surface area contributed by atoms with Gasteiger partial charge in [-0.1, -0.05) is 12.1 Å². The van der Waals surface area contributed by atoms with Crippen molar-refractivity contribution in [3.63, 3.8) is 0 Å². The monoisotopic (exact) mass is 384 g/mol. The van der Waals surface area contributed by atoms with Crippen molar-refractivity contribution in [3.8, 4) is 5.75 Å². The van der Waals surface area contributed by atoms with E-state index >= 15 is 0 Å². The molecule has 0 saturated carbocycles. The fourth-order valence-electron chi connectivity index (χ4n) is 1.83. The van der Waals surface area contributed by atoms with E-state index in [1.165, 1.54) is 0 Å². The summed E-state index contributed by atoms with van der Waals surface area (Å²) in [5, 5.41) is 5.53. The molecule has 0 aliphatic carbocycles. The maximum atomic E-state index is 11.9. The third kappa shape index (κ3) is 8.02. The summed E-state index contributed by atoms with van der Waals surface area (Å²) in [6.07, 6.45) is 0.901. The van der Waals surface area contributed by atoms with Crippen LogP contribution in [0.15, 0.2) is 28.7 Å². The van der Waals surface area contributed by atoms with Gasteiger partial charge in [-0.2, -0.15) is 0 Å². The van der Waals surface area contributed by atoms with Crippen LogP contribution in [-0.2, 0) is 9.59 Å². The van der Waals surface area contributed by atoms with Crippen LogP contribution in [0, 0.1) is 0 Å². The average molecular weight is 385 g/mol. The minimum Gasteiger partial charge on any atom is -0.492 e. The van der Waals surface area contributed by atoms with E-state index in [0.29, 0.717) is 19.4 Å². The first kappa shape index (κ1) is 19.5. The molecule has 0 bridgehead atoms. The Morgan fingerprint density at radius 3 is 2.52 bits per heavy atom. The van der Waals surface area contributed by atoms with Gasteiger partial charge in [0.25, 0.3) is 0 Å². The molecule has 1 rings (SSSR count). The number of hydrogen-bond acceptors (Lipinski definition) is 3. The van der Waals surface area contributed by atoms with Gasteiger partial charge in [-0.3, -0.25) is 9.59 Å². The van der Waals surface area contributed by atoms with Gasteiger partial charge >= 0.3 is 0 Å². The molecular weight excluding hydrogens is 360 g/mol. The minimum absolute atomic E-state index is 0.155. The lowest BCUT2D eigenvalue weighted by Crippen LogP contribution is -2.50. The van der Waals surface area contributed by atoms with Gasteiger partial charge in [0.15, 0.2) is 0 Å².